The number of hydrogen-bond acceptors (Lipinski definition) is 5. The summed E-state index contributed by atoms with van der Waals surface area (Å²) < 4.78 is 30.9. The molecule has 0 unspecified atom stereocenters. The molecule has 0 radical (unpaired) electrons. The molecule has 0 saturated carbocycles. The van der Waals surface area contributed by atoms with E-state index in [1.54, 1.807) is 24.3 Å². The highest BCUT2D eigenvalue weighted by Gasteiger charge is 2.14. The molecule has 1 amide bonds. The minimum Gasteiger partial charge on any atom is -0.462 e. The zero-order valence-electron chi connectivity index (χ0n) is 14.5. The number of benzene rings is 2. The van der Waals surface area contributed by atoms with E-state index in [9.17, 15) is 18.0 Å². The lowest BCUT2D eigenvalue weighted by Gasteiger charge is -2.08. The summed E-state index contributed by atoms with van der Waals surface area (Å²) in [6.07, 6.45) is 0.738. The zero-order valence-corrected chi connectivity index (χ0v) is 15.3. The molecule has 2 rings (SSSR count). The van der Waals surface area contributed by atoms with Crippen LogP contribution in [0.1, 0.15) is 34.1 Å². The normalized spacial score (nSPS) is 11.0. The molecule has 0 saturated heterocycles. The molecule has 0 spiro atoms. The van der Waals surface area contributed by atoms with Crippen molar-refractivity contribution in [2.75, 3.05) is 19.0 Å². The smallest absolute Gasteiger partial charge is 0.338 e. The Morgan fingerprint density at radius 2 is 1.73 bits per heavy atom. The number of nitrogens with one attached hydrogen (secondary N) is 2. The first kappa shape index (κ1) is 19.6. The van der Waals surface area contributed by atoms with Gasteiger partial charge in [-0.3, -0.25) is 4.79 Å². The fraction of sp³-hybridized carbons (Fsp3) is 0.222. The van der Waals surface area contributed by atoms with Crippen LogP contribution in [-0.2, 0) is 14.8 Å². The average molecular weight is 376 g/mol. The maximum atomic E-state index is 12.3. The van der Waals surface area contributed by atoms with Crippen molar-refractivity contribution < 1.29 is 22.7 Å². The van der Waals surface area contributed by atoms with Crippen LogP contribution >= 0.6 is 0 Å². The van der Waals surface area contributed by atoms with Gasteiger partial charge in [-0.2, -0.15) is 0 Å². The standard InChI is InChI=1S/C18H20N2O5S/c1-3-11-25-18(22)13-7-9-15(10-8-13)20-17(21)14-5-4-6-16(12-14)26(23,24)19-2/h4-10,12,19H,3,11H2,1-2H3,(H,20,21). The molecular formula is C18H20N2O5S. The van der Waals surface area contributed by atoms with Crippen molar-refractivity contribution in [3.8, 4) is 0 Å². The molecule has 2 aromatic rings. The lowest BCUT2D eigenvalue weighted by molar-refractivity contribution is 0.0505. The molecule has 0 aromatic heterocycles. The van der Waals surface area contributed by atoms with Crippen molar-refractivity contribution in [2.45, 2.75) is 18.2 Å². The number of hydrogen-bond donors (Lipinski definition) is 2. The van der Waals surface area contributed by atoms with Crippen LogP contribution in [0.25, 0.3) is 0 Å². The van der Waals surface area contributed by atoms with E-state index in [1.165, 1.54) is 31.3 Å². The van der Waals surface area contributed by atoms with Gasteiger partial charge in [-0.15, -0.1) is 0 Å². The van der Waals surface area contributed by atoms with Gasteiger partial charge in [0.15, 0.2) is 0 Å². The summed E-state index contributed by atoms with van der Waals surface area (Å²) in [5.41, 5.74) is 1.07. The highest BCUT2D eigenvalue weighted by atomic mass is 32.2. The average Bonchev–Trinajstić information content (AvgIpc) is 2.66. The molecule has 2 aromatic carbocycles. The van der Waals surface area contributed by atoms with Crippen LogP contribution in [0, 0.1) is 0 Å². The first-order valence-corrected chi connectivity index (χ1v) is 9.48. The van der Waals surface area contributed by atoms with Crippen LogP contribution in [0.5, 0.6) is 0 Å². The molecule has 0 fully saturated rings. The van der Waals surface area contributed by atoms with Crippen LogP contribution < -0.4 is 10.0 Å². The Kier molecular flexibility index (Phi) is 6.48. The number of anilines is 1. The first-order valence-electron chi connectivity index (χ1n) is 7.99. The van der Waals surface area contributed by atoms with Crippen molar-refractivity contribution in [1.82, 2.24) is 4.72 Å². The highest BCUT2D eigenvalue weighted by molar-refractivity contribution is 7.89. The number of carbonyl (C=O) groups excluding carboxylic acids is 2. The van der Waals surface area contributed by atoms with Gasteiger partial charge in [0.25, 0.3) is 5.91 Å². The Bertz CT molecular complexity index is 892. The fourth-order valence-corrected chi connectivity index (χ4v) is 2.87. The summed E-state index contributed by atoms with van der Waals surface area (Å²) >= 11 is 0. The Balaban J connectivity index is 2.11. The van der Waals surface area contributed by atoms with Gasteiger partial charge in [-0.25, -0.2) is 17.9 Å². The van der Waals surface area contributed by atoms with E-state index in [2.05, 4.69) is 10.0 Å². The summed E-state index contributed by atoms with van der Waals surface area (Å²) in [7, 11) is -2.33. The Labute approximate surface area is 152 Å². The summed E-state index contributed by atoms with van der Waals surface area (Å²) in [5, 5.41) is 2.66. The molecule has 8 heteroatoms. The second kappa shape index (κ2) is 8.59. The largest absolute Gasteiger partial charge is 0.462 e. The SMILES string of the molecule is CCCOC(=O)c1ccc(NC(=O)c2cccc(S(=O)(=O)NC)c2)cc1. The minimum absolute atomic E-state index is 0.00154. The predicted octanol–water partition coefficient (Wildman–Crippen LogP) is 2.41. The Hall–Kier alpha value is -2.71. The highest BCUT2D eigenvalue weighted by Crippen LogP contribution is 2.15. The molecule has 7 nitrogen and oxygen atoms in total. The van der Waals surface area contributed by atoms with Crippen molar-refractivity contribution in [1.29, 1.82) is 0 Å². The zero-order chi connectivity index (χ0) is 19.2. The lowest BCUT2D eigenvalue weighted by atomic mass is 10.2. The van der Waals surface area contributed by atoms with Crippen LogP contribution in [0.15, 0.2) is 53.4 Å². The van der Waals surface area contributed by atoms with E-state index < -0.39 is 21.9 Å². The molecule has 0 atom stereocenters. The third kappa shape index (κ3) is 4.90. The van der Waals surface area contributed by atoms with Gasteiger partial charge in [0.05, 0.1) is 17.1 Å². The van der Waals surface area contributed by atoms with Crippen LogP contribution in [0.2, 0.25) is 0 Å². The van der Waals surface area contributed by atoms with Gasteiger partial charge in [0.1, 0.15) is 0 Å². The van der Waals surface area contributed by atoms with Crippen LogP contribution in [0.4, 0.5) is 5.69 Å². The van der Waals surface area contributed by atoms with Crippen molar-refractivity contribution >= 4 is 27.6 Å². The first-order chi connectivity index (χ1) is 12.4. The van der Waals surface area contributed by atoms with Crippen LogP contribution in [0.3, 0.4) is 0 Å². The molecule has 138 valence electrons. The van der Waals surface area contributed by atoms with E-state index in [0.717, 1.165) is 6.42 Å². The summed E-state index contributed by atoms with van der Waals surface area (Å²) in [4.78, 5) is 24.1. The van der Waals surface area contributed by atoms with Gasteiger partial charge in [-0.05, 0) is 55.9 Å². The number of rotatable bonds is 7. The predicted molar refractivity (Wildman–Crippen MR) is 97.7 cm³/mol. The van der Waals surface area contributed by atoms with E-state index in [-0.39, 0.29) is 10.5 Å². The van der Waals surface area contributed by atoms with Crippen LogP contribution in [-0.4, -0.2) is 33.9 Å². The molecule has 0 bridgehead atoms. The third-order valence-corrected chi connectivity index (χ3v) is 4.90. The monoisotopic (exact) mass is 376 g/mol. The number of carbonyl (C=O) groups is 2. The van der Waals surface area contributed by atoms with Gasteiger partial charge >= 0.3 is 5.97 Å². The van der Waals surface area contributed by atoms with Crippen molar-refractivity contribution in [2.24, 2.45) is 0 Å². The summed E-state index contributed by atoms with van der Waals surface area (Å²) in [6.45, 7) is 2.26. The summed E-state index contributed by atoms with van der Waals surface area (Å²) in [5.74, 6) is -0.880. The number of sulfonamides is 1. The fourth-order valence-electron chi connectivity index (χ4n) is 2.09. The third-order valence-electron chi connectivity index (χ3n) is 3.49. The maximum absolute atomic E-state index is 12.3. The molecule has 0 aliphatic rings. The molecule has 0 aliphatic heterocycles. The van der Waals surface area contributed by atoms with E-state index >= 15 is 0 Å². The minimum atomic E-state index is -3.63. The number of esters is 1. The lowest BCUT2D eigenvalue weighted by Crippen LogP contribution is -2.19. The summed E-state index contributed by atoms with van der Waals surface area (Å²) in [6, 6.07) is 12.0. The quantitative estimate of drug-likeness (QED) is 0.723. The number of ether oxygens (including phenoxy) is 1. The second-order valence-corrected chi connectivity index (χ2v) is 7.29. The molecule has 2 N–H and O–H groups in total. The van der Waals surface area contributed by atoms with E-state index in [0.29, 0.717) is 17.9 Å². The molecule has 0 aliphatic carbocycles. The molecule has 26 heavy (non-hydrogen) atoms. The van der Waals surface area contributed by atoms with Gasteiger partial charge < -0.3 is 10.1 Å². The second-order valence-electron chi connectivity index (χ2n) is 5.40. The van der Waals surface area contributed by atoms with Gasteiger partial charge in [0.2, 0.25) is 10.0 Å². The van der Waals surface area contributed by atoms with Crippen molar-refractivity contribution in [3.05, 3.63) is 59.7 Å². The van der Waals surface area contributed by atoms with E-state index in [4.69, 9.17) is 4.74 Å². The molecular weight excluding hydrogens is 356 g/mol. The maximum Gasteiger partial charge on any atom is 0.338 e. The van der Waals surface area contributed by atoms with E-state index in [1.807, 2.05) is 6.92 Å². The Morgan fingerprint density at radius 3 is 2.35 bits per heavy atom. The Morgan fingerprint density at radius 1 is 1.04 bits per heavy atom. The van der Waals surface area contributed by atoms with Crippen molar-refractivity contribution in [3.63, 3.8) is 0 Å². The van der Waals surface area contributed by atoms with Gasteiger partial charge in [0, 0.05) is 11.3 Å². The molecule has 0 heterocycles. The van der Waals surface area contributed by atoms with Gasteiger partial charge in [-0.1, -0.05) is 13.0 Å². The number of amides is 1. The topological polar surface area (TPSA) is 102 Å².